The standard InChI is InChI=1S/C26H33F2N3/c1-8-9-23-29-24(21-11-10-20(27)15-22(21)28)30-31(23)16-17-12-18(25(2,3)4)14-19(13-17)26(5,6)7/h10-15H,8-9,16H2,1-7H3/p+1. The number of H-pyrrole nitrogens is 1. The van der Waals surface area contributed by atoms with Gasteiger partial charge in [-0.05, 0) is 51.1 Å². The number of aryl methyl sites for hydroxylation is 1. The first-order valence-corrected chi connectivity index (χ1v) is 11.0. The van der Waals surface area contributed by atoms with Crippen LogP contribution >= 0.6 is 0 Å². The number of aromatic nitrogens is 3. The van der Waals surface area contributed by atoms with Crippen LogP contribution in [-0.2, 0) is 23.8 Å². The molecule has 1 N–H and O–H groups in total. The van der Waals surface area contributed by atoms with Gasteiger partial charge >= 0.3 is 5.82 Å². The molecule has 0 aliphatic rings. The summed E-state index contributed by atoms with van der Waals surface area (Å²) >= 11 is 0. The molecule has 1 aromatic heterocycles. The zero-order valence-corrected chi connectivity index (χ0v) is 19.7. The fourth-order valence-corrected chi connectivity index (χ4v) is 3.59. The molecule has 0 amide bonds. The average molecular weight is 427 g/mol. The maximum atomic E-state index is 14.3. The molecular formula is C26H34F2N3+. The summed E-state index contributed by atoms with van der Waals surface area (Å²) in [7, 11) is 0. The zero-order chi connectivity index (χ0) is 23.0. The van der Waals surface area contributed by atoms with Crippen molar-refractivity contribution in [3.05, 3.63) is 70.5 Å². The summed E-state index contributed by atoms with van der Waals surface area (Å²) in [5, 5.41) is 3.25. The van der Waals surface area contributed by atoms with Gasteiger partial charge in [-0.25, -0.2) is 8.78 Å². The number of nitrogens with zero attached hydrogens (tertiary/aromatic N) is 2. The molecule has 0 fully saturated rings. The second kappa shape index (κ2) is 8.52. The van der Waals surface area contributed by atoms with Crippen molar-refractivity contribution in [1.82, 2.24) is 10.1 Å². The highest BCUT2D eigenvalue weighted by Crippen LogP contribution is 2.30. The minimum absolute atomic E-state index is 0.0311. The fourth-order valence-electron chi connectivity index (χ4n) is 3.59. The molecule has 2 aromatic carbocycles. The molecule has 0 radical (unpaired) electrons. The minimum Gasteiger partial charge on any atom is -0.207 e. The van der Waals surface area contributed by atoms with Crippen molar-refractivity contribution < 1.29 is 13.5 Å². The van der Waals surface area contributed by atoms with Crippen LogP contribution in [0.3, 0.4) is 0 Å². The first-order valence-electron chi connectivity index (χ1n) is 11.0. The molecule has 0 unspecified atom stereocenters. The van der Waals surface area contributed by atoms with Gasteiger partial charge in [-0.2, -0.15) is 9.78 Å². The lowest BCUT2D eigenvalue weighted by atomic mass is 9.79. The van der Waals surface area contributed by atoms with Gasteiger partial charge in [-0.3, -0.25) is 0 Å². The monoisotopic (exact) mass is 426 g/mol. The smallest absolute Gasteiger partial charge is 0.207 e. The van der Waals surface area contributed by atoms with Gasteiger partial charge in [0.15, 0.2) is 0 Å². The van der Waals surface area contributed by atoms with E-state index in [1.54, 1.807) is 0 Å². The SMILES string of the molecule is CCCc1nc(-c2ccc(F)cc2F)[nH][n+]1Cc1cc(C(C)(C)C)cc(C(C)(C)C)c1. The second-order valence-electron chi connectivity index (χ2n) is 10.4. The highest BCUT2D eigenvalue weighted by Gasteiger charge is 2.25. The molecule has 5 heteroatoms. The van der Waals surface area contributed by atoms with Crippen molar-refractivity contribution in [2.24, 2.45) is 0 Å². The topological polar surface area (TPSA) is 32.6 Å². The van der Waals surface area contributed by atoms with E-state index < -0.39 is 11.6 Å². The highest BCUT2D eigenvalue weighted by atomic mass is 19.1. The van der Waals surface area contributed by atoms with Gasteiger partial charge in [0.25, 0.3) is 5.82 Å². The summed E-state index contributed by atoms with van der Waals surface area (Å²) in [4.78, 5) is 4.64. The Hall–Kier alpha value is -2.56. The molecular weight excluding hydrogens is 392 g/mol. The predicted octanol–water partition coefficient (Wildman–Crippen LogP) is 6.24. The first-order chi connectivity index (χ1) is 14.4. The van der Waals surface area contributed by atoms with Gasteiger partial charge in [0.05, 0.1) is 12.0 Å². The van der Waals surface area contributed by atoms with Crippen molar-refractivity contribution in [3.8, 4) is 11.4 Å². The van der Waals surface area contributed by atoms with E-state index in [-0.39, 0.29) is 16.4 Å². The maximum absolute atomic E-state index is 14.3. The predicted molar refractivity (Wildman–Crippen MR) is 121 cm³/mol. The number of aromatic amines is 1. The van der Waals surface area contributed by atoms with Gasteiger partial charge in [0.1, 0.15) is 18.2 Å². The number of halogens is 2. The third-order valence-electron chi connectivity index (χ3n) is 5.52. The van der Waals surface area contributed by atoms with Crippen LogP contribution in [0.25, 0.3) is 11.4 Å². The molecule has 166 valence electrons. The molecule has 1 heterocycles. The molecule has 31 heavy (non-hydrogen) atoms. The lowest BCUT2D eigenvalue weighted by molar-refractivity contribution is -0.749. The molecule has 3 nitrogen and oxygen atoms in total. The number of nitrogens with one attached hydrogen (secondary N) is 1. The van der Waals surface area contributed by atoms with E-state index in [0.717, 1.165) is 24.7 Å². The van der Waals surface area contributed by atoms with Crippen LogP contribution in [0.15, 0.2) is 36.4 Å². The number of hydrogen-bond acceptors (Lipinski definition) is 1. The molecule has 0 aliphatic carbocycles. The summed E-state index contributed by atoms with van der Waals surface area (Å²) in [6, 6.07) is 10.4. The molecule has 0 saturated carbocycles. The van der Waals surface area contributed by atoms with Crippen molar-refractivity contribution >= 4 is 0 Å². The summed E-state index contributed by atoms with van der Waals surface area (Å²) in [5.74, 6) is 0.0699. The van der Waals surface area contributed by atoms with Crippen LogP contribution < -0.4 is 4.68 Å². The largest absolute Gasteiger partial charge is 0.319 e. The number of rotatable bonds is 5. The van der Waals surface area contributed by atoms with Crippen molar-refractivity contribution in [2.75, 3.05) is 0 Å². The quantitative estimate of drug-likeness (QED) is 0.481. The van der Waals surface area contributed by atoms with Crippen LogP contribution in [0.4, 0.5) is 8.78 Å². The Labute approximate surface area is 184 Å². The molecule has 0 saturated heterocycles. The van der Waals surface area contributed by atoms with Crippen LogP contribution in [0.2, 0.25) is 0 Å². The Morgan fingerprint density at radius 3 is 2.03 bits per heavy atom. The molecule has 3 aromatic rings. The van der Waals surface area contributed by atoms with Crippen LogP contribution in [0.1, 0.15) is 77.4 Å². The minimum atomic E-state index is -0.617. The van der Waals surface area contributed by atoms with Gasteiger partial charge in [0.2, 0.25) is 0 Å². The lowest BCUT2D eigenvalue weighted by Crippen LogP contribution is -2.40. The van der Waals surface area contributed by atoms with Crippen LogP contribution in [0.5, 0.6) is 0 Å². The van der Waals surface area contributed by atoms with Crippen molar-refractivity contribution in [3.63, 3.8) is 0 Å². The summed E-state index contributed by atoms with van der Waals surface area (Å²) < 4.78 is 29.7. The average Bonchev–Trinajstić information content (AvgIpc) is 3.02. The first kappa shape index (κ1) is 23.1. The second-order valence-corrected chi connectivity index (χ2v) is 10.4. The van der Waals surface area contributed by atoms with E-state index in [1.807, 2.05) is 4.68 Å². The summed E-state index contributed by atoms with van der Waals surface area (Å²) in [6.07, 6.45) is 1.69. The van der Waals surface area contributed by atoms with E-state index in [0.29, 0.717) is 12.4 Å². The maximum Gasteiger partial charge on any atom is 0.319 e. The van der Waals surface area contributed by atoms with Gasteiger partial charge in [-0.1, -0.05) is 66.7 Å². The Morgan fingerprint density at radius 1 is 0.903 bits per heavy atom. The zero-order valence-electron chi connectivity index (χ0n) is 19.7. The Balaban J connectivity index is 2.06. The third-order valence-corrected chi connectivity index (χ3v) is 5.52. The van der Waals surface area contributed by atoms with E-state index in [4.69, 9.17) is 0 Å². The van der Waals surface area contributed by atoms with Gasteiger partial charge in [-0.15, -0.1) is 0 Å². The van der Waals surface area contributed by atoms with E-state index in [1.165, 1.54) is 28.8 Å². The van der Waals surface area contributed by atoms with Crippen LogP contribution in [0, 0.1) is 11.6 Å². The number of hydrogen-bond donors (Lipinski definition) is 1. The Bertz CT molecular complexity index is 1040. The third kappa shape index (κ3) is 5.38. The molecule has 0 atom stereocenters. The Morgan fingerprint density at radius 2 is 1.52 bits per heavy atom. The van der Waals surface area contributed by atoms with E-state index in [9.17, 15) is 8.78 Å². The molecule has 0 bridgehead atoms. The van der Waals surface area contributed by atoms with Gasteiger partial charge < -0.3 is 0 Å². The fraction of sp³-hybridized carbons (Fsp3) is 0.462. The van der Waals surface area contributed by atoms with Crippen molar-refractivity contribution in [2.45, 2.75) is 78.7 Å². The van der Waals surface area contributed by atoms with Crippen molar-refractivity contribution in [1.29, 1.82) is 0 Å². The Kier molecular flexibility index (Phi) is 6.35. The van der Waals surface area contributed by atoms with Gasteiger partial charge in [0, 0.05) is 6.07 Å². The normalized spacial score (nSPS) is 12.4. The van der Waals surface area contributed by atoms with Crippen LogP contribution in [-0.4, -0.2) is 10.1 Å². The molecule has 0 aliphatic heterocycles. The lowest BCUT2D eigenvalue weighted by Gasteiger charge is -2.26. The van der Waals surface area contributed by atoms with E-state index in [2.05, 4.69) is 76.7 Å². The highest BCUT2D eigenvalue weighted by molar-refractivity contribution is 5.54. The summed E-state index contributed by atoms with van der Waals surface area (Å²) in [6.45, 7) is 16.0. The van der Waals surface area contributed by atoms with E-state index >= 15 is 0 Å². The molecule has 0 spiro atoms. The molecule has 3 rings (SSSR count). The summed E-state index contributed by atoms with van der Waals surface area (Å²) in [5.41, 5.74) is 4.09. The number of benzene rings is 2.